The maximum Gasteiger partial charge on any atom is 0.264 e. The van der Waals surface area contributed by atoms with Crippen LogP contribution in [0.3, 0.4) is 0 Å². The van der Waals surface area contributed by atoms with Crippen molar-refractivity contribution in [1.29, 1.82) is 0 Å². The molecule has 1 N–H and O–H groups in total. The van der Waals surface area contributed by atoms with Crippen LogP contribution in [0.5, 0.6) is 0 Å². The highest BCUT2D eigenvalue weighted by atomic mass is 35.5. The first kappa shape index (κ1) is 17.0. The molecule has 0 aliphatic carbocycles. The van der Waals surface area contributed by atoms with Crippen LogP contribution in [-0.4, -0.2) is 25.2 Å². The topological polar surface area (TPSA) is 95.0 Å². The summed E-state index contributed by atoms with van der Waals surface area (Å²) in [4.78, 5) is 29.0. The van der Waals surface area contributed by atoms with Gasteiger partial charge in [0.25, 0.3) is 5.56 Å². The molecule has 4 rings (SSSR count). The largest absolute Gasteiger partial charge is 0.467 e. The molecule has 1 aromatic carbocycles. The molecule has 27 heavy (non-hydrogen) atoms. The van der Waals surface area contributed by atoms with E-state index in [1.165, 1.54) is 28.0 Å². The summed E-state index contributed by atoms with van der Waals surface area (Å²) in [5, 5.41) is 7.70. The third-order valence-corrected chi connectivity index (χ3v) is 4.31. The molecular weight excluding hydrogens is 370 g/mol. The first-order valence-corrected chi connectivity index (χ1v) is 8.48. The number of aromatic nitrogens is 4. The first-order valence-electron chi connectivity index (χ1n) is 8.10. The molecule has 0 radical (unpaired) electrons. The van der Waals surface area contributed by atoms with Crippen molar-refractivity contribution in [3.05, 3.63) is 76.3 Å². The Kier molecular flexibility index (Phi) is 4.47. The van der Waals surface area contributed by atoms with Gasteiger partial charge >= 0.3 is 0 Å². The lowest BCUT2D eigenvalue weighted by Crippen LogP contribution is -2.32. The van der Waals surface area contributed by atoms with Crippen LogP contribution >= 0.6 is 11.6 Å². The molecule has 0 unspecified atom stereocenters. The molecule has 3 aromatic heterocycles. The standard InChI is InChI=1S/C18H14ClN5O3/c19-14-5-1-2-6-15(14)24-17-13(9-22-24)18(26)23(11-21-17)10-16(25)20-8-12-4-3-7-27-12/h1-7,9,11H,8,10H2,(H,20,25). The monoisotopic (exact) mass is 383 g/mol. The van der Waals surface area contributed by atoms with Gasteiger partial charge in [0.05, 0.1) is 29.7 Å². The molecule has 0 saturated carbocycles. The number of halogens is 1. The highest BCUT2D eigenvalue weighted by molar-refractivity contribution is 6.32. The summed E-state index contributed by atoms with van der Waals surface area (Å²) in [7, 11) is 0. The molecule has 136 valence electrons. The van der Waals surface area contributed by atoms with Crippen LogP contribution in [0, 0.1) is 0 Å². The van der Waals surface area contributed by atoms with Crippen LogP contribution in [0.1, 0.15) is 5.76 Å². The zero-order chi connectivity index (χ0) is 18.8. The first-order chi connectivity index (χ1) is 13.1. The third-order valence-electron chi connectivity index (χ3n) is 3.99. The van der Waals surface area contributed by atoms with E-state index in [0.717, 1.165) is 0 Å². The van der Waals surface area contributed by atoms with Gasteiger partial charge in [-0.3, -0.25) is 14.2 Å². The number of fused-ring (bicyclic) bond motifs is 1. The van der Waals surface area contributed by atoms with E-state index in [-0.39, 0.29) is 24.6 Å². The number of carbonyl (C=O) groups excluding carboxylic acids is 1. The van der Waals surface area contributed by atoms with Gasteiger partial charge in [-0.15, -0.1) is 0 Å². The fraction of sp³-hybridized carbons (Fsp3) is 0.111. The van der Waals surface area contributed by atoms with Gasteiger partial charge in [-0.25, -0.2) is 9.67 Å². The number of nitrogens with zero attached hydrogens (tertiary/aromatic N) is 4. The molecular formula is C18H14ClN5O3. The Hall–Kier alpha value is -3.39. The van der Waals surface area contributed by atoms with Gasteiger partial charge < -0.3 is 9.73 Å². The fourth-order valence-corrected chi connectivity index (χ4v) is 2.89. The van der Waals surface area contributed by atoms with E-state index < -0.39 is 0 Å². The van der Waals surface area contributed by atoms with Crippen molar-refractivity contribution in [1.82, 2.24) is 24.6 Å². The summed E-state index contributed by atoms with van der Waals surface area (Å²) in [5.74, 6) is 0.304. The summed E-state index contributed by atoms with van der Waals surface area (Å²) in [6.07, 6.45) is 4.28. The van der Waals surface area contributed by atoms with Gasteiger partial charge in [-0.05, 0) is 24.3 Å². The predicted octanol–water partition coefficient (Wildman–Crippen LogP) is 2.14. The molecule has 0 fully saturated rings. The van der Waals surface area contributed by atoms with Crippen LogP contribution in [0.25, 0.3) is 16.7 Å². The minimum absolute atomic E-state index is 0.153. The van der Waals surface area contributed by atoms with E-state index in [0.29, 0.717) is 27.5 Å². The SMILES string of the molecule is O=C(Cn1cnc2c(cnn2-c2ccccc2Cl)c1=O)NCc1ccco1. The average molecular weight is 384 g/mol. The minimum Gasteiger partial charge on any atom is -0.467 e. The van der Waals surface area contributed by atoms with Crippen LogP contribution in [0.2, 0.25) is 5.02 Å². The zero-order valence-corrected chi connectivity index (χ0v) is 14.8. The molecule has 9 heteroatoms. The Morgan fingerprint density at radius 3 is 2.85 bits per heavy atom. The zero-order valence-electron chi connectivity index (χ0n) is 14.0. The average Bonchev–Trinajstić information content (AvgIpc) is 3.33. The summed E-state index contributed by atoms with van der Waals surface area (Å²) in [5.41, 5.74) is 0.641. The Labute approximate surface area is 158 Å². The summed E-state index contributed by atoms with van der Waals surface area (Å²) < 4.78 is 7.89. The number of carbonyl (C=O) groups is 1. The molecule has 0 saturated heterocycles. The van der Waals surface area contributed by atoms with Crippen LogP contribution in [0.4, 0.5) is 0 Å². The molecule has 0 aliphatic heterocycles. The fourth-order valence-electron chi connectivity index (χ4n) is 2.67. The van der Waals surface area contributed by atoms with Crippen molar-refractivity contribution >= 4 is 28.5 Å². The van der Waals surface area contributed by atoms with Crippen molar-refractivity contribution in [3.63, 3.8) is 0 Å². The number of hydrogen-bond acceptors (Lipinski definition) is 5. The normalized spacial score (nSPS) is 11.0. The van der Waals surface area contributed by atoms with Crippen LogP contribution in [0.15, 0.2) is 64.4 Å². The minimum atomic E-state index is -0.355. The Bertz CT molecular complexity index is 1160. The van der Waals surface area contributed by atoms with Gasteiger partial charge in [0.1, 0.15) is 24.0 Å². The highest BCUT2D eigenvalue weighted by Gasteiger charge is 2.14. The van der Waals surface area contributed by atoms with Gasteiger partial charge in [0, 0.05) is 0 Å². The molecule has 0 aliphatic rings. The molecule has 4 aromatic rings. The summed E-state index contributed by atoms with van der Waals surface area (Å²) >= 11 is 6.20. The maximum absolute atomic E-state index is 12.7. The van der Waals surface area contributed by atoms with Gasteiger partial charge in [0.2, 0.25) is 5.91 Å². The Morgan fingerprint density at radius 1 is 1.22 bits per heavy atom. The number of hydrogen-bond donors (Lipinski definition) is 1. The van der Waals surface area contributed by atoms with E-state index in [1.54, 1.807) is 30.3 Å². The quantitative estimate of drug-likeness (QED) is 0.569. The molecule has 8 nitrogen and oxygen atoms in total. The van der Waals surface area contributed by atoms with E-state index in [2.05, 4.69) is 15.4 Å². The van der Waals surface area contributed by atoms with E-state index >= 15 is 0 Å². The number of rotatable bonds is 5. The molecule has 3 heterocycles. The summed E-state index contributed by atoms with van der Waals surface area (Å²) in [6.45, 7) is 0.0977. The van der Waals surface area contributed by atoms with Gasteiger partial charge in [0.15, 0.2) is 5.65 Å². The molecule has 1 amide bonds. The maximum atomic E-state index is 12.7. The number of nitrogens with one attached hydrogen (secondary N) is 1. The highest BCUT2D eigenvalue weighted by Crippen LogP contribution is 2.21. The molecule has 0 bridgehead atoms. The van der Waals surface area contributed by atoms with Crippen LogP contribution in [-0.2, 0) is 17.9 Å². The van der Waals surface area contributed by atoms with Crippen molar-refractivity contribution in [2.24, 2.45) is 0 Å². The number of furan rings is 1. The second-order valence-electron chi connectivity index (χ2n) is 5.78. The second kappa shape index (κ2) is 7.08. The van der Waals surface area contributed by atoms with Crippen molar-refractivity contribution in [2.45, 2.75) is 13.1 Å². The van der Waals surface area contributed by atoms with Gasteiger partial charge in [-0.2, -0.15) is 5.10 Å². The summed E-state index contributed by atoms with van der Waals surface area (Å²) in [6, 6.07) is 10.6. The number of para-hydroxylation sites is 1. The predicted molar refractivity (Wildman–Crippen MR) is 98.7 cm³/mol. The Morgan fingerprint density at radius 2 is 2.07 bits per heavy atom. The lowest BCUT2D eigenvalue weighted by Gasteiger charge is -2.07. The van der Waals surface area contributed by atoms with E-state index in [4.69, 9.17) is 16.0 Å². The second-order valence-corrected chi connectivity index (χ2v) is 6.19. The van der Waals surface area contributed by atoms with Crippen molar-refractivity contribution < 1.29 is 9.21 Å². The van der Waals surface area contributed by atoms with E-state index in [9.17, 15) is 9.59 Å². The van der Waals surface area contributed by atoms with Gasteiger partial charge in [-0.1, -0.05) is 23.7 Å². The number of amides is 1. The van der Waals surface area contributed by atoms with E-state index in [1.807, 2.05) is 6.07 Å². The number of benzene rings is 1. The van der Waals surface area contributed by atoms with Crippen molar-refractivity contribution in [2.75, 3.05) is 0 Å². The molecule has 0 spiro atoms. The third kappa shape index (κ3) is 3.34. The van der Waals surface area contributed by atoms with Crippen LogP contribution < -0.4 is 10.9 Å². The lowest BCUT2D eigenvalue weighted by molar-refractivity contribution is -0.122. The lowest BCUT2D eigenvalue weighted by atomic mass is 10.3. The Balaban J connectivity index is 1.59. The smallest absolute Gasteiger partial charge is 0.264 e. The molecule has 0 atom stereocenters. The van der Waals surface area contributed by atoms with Crippen molar-refractivity contribution in [3.8, 4) is 5.69 Å².